The minimum Gasteiger partial charge on any atom is -0.362 e. The molecular formula is C11H14N4OS2. The van der Waals surface area contributed by atoms with Gasteiger partial charge in [-0.3, -0.25) is 4.79 Å². The van der Waals surface area contributed by atoms with E-state index in [1.54, 1.807) is 11.3 Å². The van der Waals surface area contributed by atoms with Gasteiger partial charge in [0.2, 0.25) is 0 Å². The average molecular weight is 282 g/mol. The maximum Gasteiger partial charge on any atom is 0.251 e. The lowest BCUT2D eigenvalue weighted by atomic mass is 10.5. The number of hydrogen-bond acceptors (Lipinski definition) is 6. The summed E-state index contributed by atoms with van der Waals surface area (Å²) in [5.74, 6) is 0.759. The summed E-state index contributed by atoms with van der Waals surface area (Å²) >= 11 is 3.13. The van der Waals surface area contributed by atoms with Gasteiger partial charge in [-0.1, -0.05) is 11.8 Å². The number of H-pyrrole nitrogens is 1. The summed E-state index contributed by atoms with van der Waals surface area (Å²) in [6, 6.07) is 1.49. The lowest BCUT2D eigenvalue weighted by Gasteiger charge is -1.99. The van der Waals surface area contributed by atoms with Crippen LogP contribution in [-0.2, 0) is 5.75 Å². The summed E-state index contributed by atoms with van der Waals surface area (Å²) in [6.45, 7) is 4.72. The third kappa shape index (κ3) is 3.58. The van der Waals surface area contributed by atoms with Crippen molar-refractivity contribution in [2.24, 2.45) is 0 Å². The monoisotopic (exact) mass is 282 g/mol. The molecule has 0 fully saturated rings. The number of aromatic amines is 1. The van der Waals surface area contributed by atoms with Gasteiger partial charge in [0, 0.05) is 35.1 Å². The number of thiazole rings is 1. The number of aromatic nitrogens is 3. The van der Waals surface area contributed by atoms with Crippen molar-refractivity contribution in [1.82, 2.24) is 15.0 Å². The van der Waals surface area contributed by atoms with Crippen molar-refractivity contribution in [1.29, 1.82) is 0 Å². The van der Waals surface area contributed by atoms with E-state index >= 15 is 0 Å². The number of anilines is 1. The summed E-state index contributed by atoms with van der Waals surface area (Å²) in [4.78, 5) is 23.7. The number of thioether (sulfide) groups is 1. The molecule has 7 heteroatoms. The Morgan fingerprint density at radius 1 is 1.56 bits per heavy atom. The first kappa shape index (κ1) is 13.1. The molecule has 0 unspecified atom stereocenters. The van der Waals surface area contributed by atoms with E-state index in [0.29, 0.717) is 5.16 Å². The van der Waals surface area contributed by atoms with Gasteiger partial charge in [0.1, 0.15) is 0 Å². The molecule has 0 aliphatic rings. The molecule has 0 spiro atoms. The first-order valence-corrected chi connectivity index (χ1v) is 7.37. The fraction of sp³-hybridized carbons (Fsp3) is 0.364. The SMILES string of the molecule is CCNc1ncc(CSc2nc(C)cc(=O)[nH]2)s1. The number of nitrogens with one attached hydrogen (secondary N) is 2. The highest BCUT2D eigenvalue weighted by molar-refractivity contribution is 7.98. The zero-order chi connectivity index (χ0) is 13.0. The van der Waals surface area contributed by atoms with Crippen LogP contribution < -0.4 is 10.9 Å². The molecule has 0 aromatic carbocycles. The van der Waals surface area contributed by atoms with Gasteiger partial charge in [0.15, 0.2) is 10.3 Å². The molecule has 0 amide bonds. The van der Waals surface area contributed by atoms with Crippen LogP contribution in [0, 0.1) is 6.92 Å². The van der Waals surface area contributed by atoms with Gasteiger partial charge < -0.3 is 10.3 Å². The van der Waals surface area contributed by atoms with Gasteiger partial charge in [-0.2, -0.15) is 0 Å². The molecule has 0 atom stereocenters. The number of nitrogens with zero attached hydrogens (tertiary/aromatic N) is 2. The zero-order valence-corrected chi connectivity index (χ0v) is 11.8. The quantitative estimate of drug-likeness (QED) is 0.650. The van der Waals surface area contributed by atoms with Crippen molar-refractivity contribution in [3.05, 3.63) is 33.2 Å². The van der Waals surface area contributed by atoms with Crippen molar-refractivity contribution in [3.63, 3.8) is 0 Å². The summed E-state index contributed by atoms with van der Waals surface area (Å²) in [7, 11) is 0. The third-order valence-electron chi connectivity index (χ3n) is 2.08. The molecule has 2 N–H and O–H groups in total. The van der Waals surface area contributed by atoms with Crippen LogP contribution >= 0.6 is 23.1 Å². The second-order valence-corrected chi connectivity index (χ2v) is 5.72. The van der Waals surface area contributed by atoms with Crippen LogP contribution in [0.15, 0.2) is 22.2 Å². The highest BCUT2D eigenvalue weighted by atomic mass is 32.2. The lowest BCUT2D eigenvalue weighted by Crippen LogP contribution is -2.07. The Bertz CT molecular complexity index is 578. The lowest BCUT2D eigenvalue weighted by molar-refractivity contribution is 0.905. The standard InChI is InChI=1S/C11H14N4OS2/c1-3-12-10-13-5-8(18-10)6-17-11-14-7(2)4-9(16)15-11/h4-5H,3,6H2,1-2H3,(H,12,13)(H,14,15,16). The topological polar surface area (TPSA) is 70.7 Å². The van der Waals surface area contributed by atoms with Crippen LogP contribution in [0.2, 0.25) is 0 Å². The van der Waals surface area contributed by atoms with E-state index in [-0.39, 0.29) is 5.56 Å². The fourth-order valence-corrected chi connectivity index (χ4v) is 3.19. The van der Waals surface area contributed by atoms with Crippen LogP contribution in [-0.4, -0.2) is 21.5 Å². The van der Waals surface area contributed by atoms with E-state index in [2.05, 4.69) is 20.3 Å². The van der Waals surface area contributed by atoms with Crippen molar-refractivity contribution in [2.75, 3.05) is 11.9 Å². The predicted molar refractivity (Wildman–Crippen MR) is 75.4 cm³/mol. The Kier molecular flexibility index (Phi) is 4.38. The maximum atomic E-state index is 11.3. The molecular weight excluding hydrogens is 268 g/mol. The Morgan fingerprint density at radius 2 is 2.39 bits per heavy atom. The molecule has 18 heavy (non-hydrogen) atoms. The first-order chi connectivity index (χ1) is 8.67. The second-order valence-electron chi connectivity index (χ2n) is 3.64. The molecule has 0 radical (unpaired) electrons. The normalized spacial score (nSPS) is 10.6. The van der Waals surface area contributed by atoms with Crippen LogP contribution in [0.25, 0.3) is 0 Å². The van der Waals surface area contributed by atoms with Gasteiger partial charge in [-0.05, 0) is 13.8 Å². The minimum atomic E-state index is -0.109. The second kappa shape index (κ2) is 6.01. The van der Waals surface area contributed by atoms with Gasteiger partial charge >= 0.3 is 0 Å². The summed E-state index contributed by atoms with van der Waals surface area (Å²) in [5.41, 5.74) is 0.626. The van der Waals surface area contributed by atoms with Crippen molar-refractivity contribution in [3.8, 4) is 0 Å². The molecule has 0 bridgehead atoms. The minimum absolute atomic E-state index is 0.109. The van der Waals surface area contributed by atoms with E-state index in [4.69, 9.17) is 0 Å². The van der Waals surface area contributed by atoms with E-state index in [1.807, 2.05) is 20.0 Å². The van der Waals surface area contributed by atoms with E-state index in [9.17, 15) is 4.79 Å². The van der Waals surface area contributed by atoms with Crippen LogP contribution in [0.1, 0.15) is 17.5 Å². The van der Waals surface area contributed by atoms with E-state index in [0.717, 1.165) is 28.0 Å². The molecule has 0 aliphatic carbocycles. The van der Waals surface area contributed by atoms with E-state index in [1.165, 1.54) is 17.8 Å². The van der Waals surface area contributed by atoms with Gasteiger partial charge in [-0.25, -0.2) is 9.97 Å². The highest BCUT2D eigenvalue weighted by Gasteiger charge is 2.04. The Hall–Kier alpha value is -1.34. The summed E-state index contributed by atoms with van der Waals surface area (Å²) in [6.07, 6.45) is 1.85. The van der Waals surface area contributed by atoms with Crippen molar-refractivity contribution in [2.45, 2.75) is 24.8 Å². The molecule has 0 saturated heterocycles. The average Bonchev–Trinajstić information content (AvgIpc) is 2.74. The maximum absolute atomic E-state index is 11.3. The van der Waals surface area contributed by atoms with Crippen molar-refractivity contribution >= 4 is 28.2 Å². The summed E-state index contributed by atoms with van der Waals surface area (Å²) < 4.78 is 0. The Labute approximate surface area is 113 Å². The Balaban J connectivity index is 1.99. The molecule has 2 aromatic heterocycles. The summed E-state index contributed by atoms with van der Waals surface area (Å²) in [5, 5.41) is 4.75. The highest BCUT2D eigenvalue weighted by Crippen LogP contribution is 2.25. The molecule has 0 saturated carbocycles. The zero-order valence-electron chi connectivity index (χ0n) is 10.2. The largest absolute Gasteiger partial charge is 0.362 e. The molecule has 2 aromatic rings. The van der Waals surface area contributed by atoms with Crippen LogP contribution in [0.3, 0.4) is 0 Å². The third-order valence-corrected chi connectivity index (χ3v) is 4.14. The van der Waals surface area contributed by atoms with E-state index < -0.39 is 0 Å². The predicted octanol–water partition coefficient (Wildman–Crippen LogP) is 2.26. The first-order valence-electron chi connectivity index (χ1n) is 5.56. The molecule has 0 aliphatic heterocycles. The molecule has 96 valence electrons. The number of rotatable bonds is 5. The molecule has 2 heterocycles. The number of aryl methyl sites for hydroxylation is 1. The van der Waals surface area contributed by atoms with Crippen molar-refractivity contribution < 1.29 is 0 Å². The van der Waals surface area contributed by atoms with Gasteiger partial charge in [0.05, 0.1) is 0 Å². The Morgan fingerprint density at radius 3 is 3.11 bits per heavy atom. The fourth-order valence-electron chi connectivity index (χ4n) is 1.37. The van der Waals surface area contributed by atoms with Gasteiger partial charge in [-0.15, -0.1) is 11.3 Å². The number of hydrogen-bond donors (Lipinski definition) is 2. The van der Waals surface area contributed by atoms with Crippen LogP contribution in [0.5, 0.6) is 0 Å². The van der Waals surface area contributed by atoms with Crippen LogP contribution in [0.4, 0.5) is 5.13 Å². The molecule has 2 rings (SSSR count). The smallest absolute Gasteiger partial charge is 0.251 e. The van der Waals surface area contributed by atoms with Gasteiger partial charge in [0.25, 0.3) is 5.56 Å². The molecule has 5 nitrogen and oxygen atoms in total.